The number of carbonyl (C=O) groups excluding carboxylic acids is 2. The second-order valence-electron chi connectivity index (χ2n) is 6.28. The summed E-state index contributed by atoms with van der Waals surface area (Å²) in [5.74, 6) is -1.75. The lowest BCUT2D eigenvalue weighted by molar-refractivity contribution is 0.0527. The quantitative estimate of drug-likeness (QED) is 0.674. The molecule has 0 aliphatic heterocycles. The number of thiophene rings is 1. The molecule has 8 heteroatoms. The van der Waals surface area contributed by atoms with Gasteiger partial charge in [0, 0.05) is 23.5 Å². The number of fused-ring (bicyclic) bond motifs is 1. The zero-order valence-corrected chi connectivity index (χ0v) is 16.7. The minimum absolute atomic E-state index is 0.110. The lowest BCUT2D eigenvalue weighted by Gasteiger charge is -2.10. The summed E-state index contributed by atoms with van der Waals surface area (Å²) in [4.78, 5) is 38.7. The number of rotatable bonds is 4. The number of amides is 1. The van der Waals surface area contributed by atoms with Crippen LogP contribution in [-0.4, -0.2) is 23.1 Å². The largest absolute Gasteiger partial charge is 0.462 e. The van der Waals surface area contributed by atoms with Crippen LogP contribution in [0.4, 0.5) is 9.39 Å². The van der Waals surface area contributed by atoms with E-state index in [2.05, 4.69) is 5.32 Å². The van der Waals surface area contributed by atoms with Crippen LogP contribution in [0.5, 0.6) is 0 Å². The number of nitrogens with one attached hydrogen (secondary N) is 1. The van der Waals surface area contributed by atoms with Crippen LogP contribution in [0.2, 0.25) is 0 Å². The predicted octanol–water partition coefficient (Wildman–Crippen LogP) is 3.78. The fourth-order valence-corrected chi connectivity index (χ4v) is 4.06. The summed E-state index contributed by atoms with van der Waals surface area (Å²) in [5.41, 5.74) is 0.402. The molecule has 0 saturated heterocycles. The van der Waals surface area contributed by atoms with Crippen molar-refractivity contribution in [2.24, 2.45) is 7.05 Å². The minimum Gasteiger partial charge on any atom is -0.462 e. The summed E-state index contributed by atoms with van der Waals surface area (Å²) in [7, 11) is 1.56. The normalized spacial score (nSPS) is 10.9. The summed E-state index contributed by atoms with van der Waals surface area (Å²) in [6.45, 7) is 5.50. The molecule has 0 bridgehead atoms. The lowest BCUT2D eigenvalue weighted by Crippen LogP contribution is -2.24. The predicted molar refractivity (Wildman–Crippen MR) is 107 cm³/mol. The fraction of sp³-hybridized carbons (Fsp3) is 0.250. The number of aromatic nitrogens is 1. The Labute approximate surface area is 164 Å². The first-order valence-corrected chi connectivity index (χ1v) is 9.44. The standard InChI is InChI=1S/C20H19FN2O4S/c1-5-27-20(26)15-10(2)11(3)28-19(15)22-18(25)13-9-23(4)16-12(17(13)24)7-6-8-14(16)21/h6-9H,5H2,1-4H3,(H,22,25). The van der Waals surface area contributed by atoms with Crippen molar-refractivity contribution in [3.8, 4) is 0 Å². The van der Waals surface area contributed by atoms with Gasteiger partial charge in [0.25, 0.3) is 5.91 Å². The van der Waals surface area contributed by atoms with Crippen molar-refractivity contribution < 1.29 is 18.7 Å². The molecule has 0 unspecified atom stereocenters. The number of hydrogen-bond acceptors (Lipinski definition) is 5. The number of pyridine rings is 1. The van der Waals surface area contributed by atoms with Crippen molar-refractivity contribution in [2.45, 2.75) is 20.8 Å². The van der Waals surface area contributed by atoms with Gasteiger partial charge in [-0.25, -0.2) is 9.18 Å². The maximum Gasteiger partial charge on any atom is 0.341 e. The Balaban J connectivity index is 2.06. The van der Waals surface area contributed by atoms with E-state index in [1.807, 2.05) is 6.92 Å². The van der Waals surface area contributed by atoms with Gasteiger partial charge >= 0.3 is 5.97 Å². The Morgan fingerprint density at radius 1 is 1.29 bits per heavy atom. The number of halogens is 1. The second-order valence-corrected chi connectivity index (χ2v) is 7.51. The van der Waals surface area contributed by atoms with E-state index in [1.54, 1.807) is 20.9 Å². The molecule has 0 aliphatic rings. The fourth-order valence-electron chi connectivity index (χ4n) is 3.02. The Bertz CT molecular complexity index is 1160. The van der Waals surface area contributed by atoms with E-state index in [-0.39, 0.29) is 28.6 Å². The first-order valence-electron chi connectivity index (χ1n) is 8.62. The van der Waals surface area contributed by atoms with E-state index in [0.717, 1.165) is 4.88 Å². The first kappa shape index (κ1) is 19.8. The van der Waals surface area contributed by atoms with Crippen LogP contribution in [0.3, 0.4) is 0 Å². The summed E-state index contributed by atoms with van der Waals surface area (Å²) in [6.07, 6.45) is 1.29. The van der Waals surface area contributed by atoms with Crippen molar-refractivity contribution in [1.82, 2.24) is 4.57 Å². The number of hydrogen-bond donors (Lipinski definition) is 1. The van der Waals surface area contributed by atoms with Crippen LogP contribution in [-0.2, 0) is 11.8 Å². The third-order valence-electron chi connectivity index (χ3n) is 4.49. The molecule has 0 fully saturated rings. The Morgan fingerprint density at radius 2 is 2.00 bits per heavy atom. The maximum atomic E-state index is 14.1. The number of ether oxygens (including phenoxy) is 1. The van der Waals surface area contributed by atoms with Crippen molar-refractivity contribution in [2.75, 3.05) is 11.9 Å². The average molecular weight is 402 g/mol. The summed E-state index contributed by atoms with van der Waals surface area (Å²) < 4.78 is 20.5. The van der Waals surface area contributed by atoms with Gasteiger partial charge in [0.1, 0.15) is 16.4 Å². The molecule has 1 amide bonds. The van der Waals surface area contributed by atoms with Gasteiger partial charge in [0.15, 0.2) is 0 Å². The van der Waals surface area contributed by atoms with Crippen LogP contribution < -0.4 is 10.7 Å². The van der Waals surface area contributed by atoms with E-state index >= 15 is 0 Å². The Hall–Kier alpha value is -3.00. The number of anilines is 1. The molecule has 2 aromatic heterocycles. The molecule has 1 aromatic carbocycles. The van der Waals surface area contributed by atoms with Gasteiger partial charge in [-0.2, -0.15) is 0 Å². The molecule has 0 aliphatic carbocycles. The van der Waals surface area contributed by atoms with Gasteiger partial charge in [0.05, 0.1) is 17.7 Å². The smallest absolute Gasteiger partial charge is 0.341 e. The van der Waals surface area contributed by atoms with Crippen molar-refractivity contribution in [3.05, 3.63) is 62.0 Å². The third-order valence-corrected chi connectivity index (χ3v) is 5.61. The molecule has 0 saturated carbocycles. The van der Waals surface area contributed by atoms with E-state index in [1.165, 1.54) is 40.3 Å². The number of para-hydroxylation sites is 1. The molecule has 0 spiro atoms. The highest BCUT2D eigenvalue weighted by Gasteiger charge is 2.24. The highest BCUT2D eigenvalue weighted by molar-refractivity contribution is 7.16. The van der Waals surface area contributed by atoms with Gasteiger partial charge in [0.2, 0.25) is 5.43 Å². The van der Waals surface area contributed by atoms with Gasteiger partial charge in [-0.1, -0.05) is 6.07 Å². The van der Waals surface area contributed by atoms with Gasteiger partial charge < -0.3 is 14.6 Å². The molecule has 1 N–H and O–H groups in total. The zero-order valence-electron chi connectivity index (χ0n) is 15.9. The molecule has 2 heterocycles. The van der Waals surface area contributed by atoms with Crippen LogP contribution in [0.15, 0.2) is 29.2 Å². The highest BCUT2D eigenvalue weighted by atomic mass is 32.1. The van der Waals surface area contributed by atoms with Crippen molar-refractivity contribution in [3.63, 3.8) is 0 Å². The van der Waals surface area contributed by atoms with Gasteiger partial charge in [-0.05, 0) is 38.5 Å². The topological polar surface area (TPSA) is 77.4 Å². The maximum absolute atomic E-state index is 14.1. The summed E-state index contributed by atoms with van der Waals surface area (Å²) >= 11 is 1.23. The summed E-state index contributed by atoms with van der Waals surface area (Å²) in [5, 5.41) is 3.08. The first-order chi connectivity index (χ1) is 13.3. The Morgan fingerprint density at radius 3 is 2.68 bits per heavy atom. The second kappa shape index (κ2) is 7.55. The van der Waals surface area contributed by atoms with Crippen molar-refractivity contribution in [1.29, 1.82) is 0 Å². The van der Waals surface area contributed by atoms with E-state index in [9.17, 15) is 18.8 Å². The Kier molecular flexibility index (Phi) is 5.33. The molecule has 3 aromatic rings. The molecular formula is C20H19FN2O4S. The SMILES string of the molecule is CCOC(=O)c1c(NC(=O)c2cn(C)c3c(F)cccc3c2=O)sc(C)c1C. The number of aryl methyl sites for hydroxylation is 2. The van der Waals surface area contributed by atoms with E-state index in [4.69, 9.17) is 4.74 Å². The number of carbonyl (C=O) groups is 2. The summed E-state index contributed by atoms with van der Waals surface area (Å²) in [6, 6.07) is 4.15. The van der Waals surface area contributed by atoms with Crippen LogP contribution in [0.1, 0.15) is 38.1 Å². The molecule has 28 heavy (non-hydrogen) atoms. The van der Waals surface area contributed by atoms with Crippen molar-refractivity contribution >= 4 is 39.1 Å². The number of benzene rings is 1. The average Bonchev–Trinajstić information content (AvgIpc) is 2.91. The van der Waals surface area contributed by atoms with Crippen LogP contribution in [0, 0.1) is 19.7 Å². The monoisotopic (exact) mass is 402 g/mol. The van der Waals surface area contributed by atoms with Crippen LogP contribution in [0.25, 0.3) is 10.9 Å². The highest BCUT2D eigenvalue weighted by Crippen LogP contribution is 2.33. The molecule has 0 radical (unpaired) electrons. The molecule has 6 nitrogen and oxygen atoms in total. The molecule has 3 rings (SSSR count). The molecular weight excluding hydrogens is 383 g/mol. The third kappa shape index (κ3) is 3.31. The molecule has 146 valence electrons. The van der Waals surface area contributed by atoms with Gasteiger partial charge in [-0.15, -0.1) is 11.3 Å². The minimum atomic E-state index is -0.668. The number of esters is 1. The van der Waals surface area contributed by atoms with Gasteiger partial charge in [-0.3, -0.25) is 9.59 Å². The number of nitrogens with zero attached hydrogens (tertiary/aromatic N) is 1. The zero-order chi connectivity index (χ0) is 20.6. The van der Waals surface area contributed by atoms with Crippen LogP contribution >= 0.6 is 11.3 Å². The van der Waals surface area contributed by atoms with E-state index < -0.39 is 23.1 Å². The lowest BCUT2D eigenvalue weighted by atomic mass is 10.1. The molecule has 0 atom stereocenters. The van der Waals surface area contributed by atoms with E-state index in [0.29, 0.717) is 10.6 Å².